The van der Waals surface area contributed by atoms with E-state index < -0.39 is 6.10 Å². The fraction of sp³-hybridized carbons (Fsp3) is 0.538. The fourth-order valence-electron chi connectivity index (χ4n) is 2.16. The lowest BCUT2D eigenvalue weighted by Gasteiger charge is -2.25. The third kappa shape index (κ3) is 2.78. The average molecular weight is 238 g/mol. The minimum Gasteiger partial charge on any atom is -0.394 e. The maximum Gasteiger partial charge on any atom is 0.0861 e. The zero-order chi connectivity index (χ0) is 11.4. The molecule has 1 aliphatic carbocycles. The van der Waals surface area contributed by atoms with Gasteiger partial charge in [-0.25, -0.2) is 0 Å². The van der Waals surface area contributed by atoms with E-state index in [9.17, 15) is 5.11 Å². The van der Waals surface area contributed by atoms with Gasteiger partial charge in [-0.1, -0.05) is 24.3 Å². The van der Waals surface area contributed by atoms with Gasteiger partial charge in [-0.3, -0.25) is 0 Å². The Bertz CT molecular complexity index is 340. The molecule has 16 heavy (non-hydrogen) atoms. The SMILES string of the molecule is OCC(O)CSC1CCCc2ccccc21. The normalized spacial score (nSPS) is 21.5. The Labute approximate surface area is 101 Å². The van der Waals surface area contributed by atoms with Gasteiger partial charge in [0.05, 0.1) is 12.7 Å². The van der Waals surface area contributed by atoms with Gasteiger partial charge in [0.1, 0.15) is 0 Å². The Kier molecular flexibility index (Phi) is 4.27. The Hall–Kier alpha value is -0.510. The van der Waals surface area contributed by atoms with Crippen molar-refractivity contribution >= 4 is 11.8 Å². The lowest BCUT2D eigenvalue weighted by molar-refractivity contribution is 0.113. The van der Waals surface area contributed by atoms with Gasteiger partial charge in [0.15, 0.2) is 0 Å². The largest absolute Gasteiger partial charge is 0.394 e. The summed E-state index contributed by atoms with van der Waals surface area (Å²) < 4.78 is 0. The first-order valence-electron chi connectivity index (χ1n) is 5.79. The molecular weight excluding hydrogens is 220 g/mol. The van der Waals surface area contributed by atoms with Crippen molar-refractivity contribution in [1.29, 1.82) is 0 Å². The molecule has 0 bridgehead atoms. The Balaban J connectivity index is 2.01. The molecule has 0 saturated carbocycles. The summed E-state index contributed by atoms with van der Waals surface area (Å²) in [5.41, 5.74) is 2.87. The average Bonchev–Trinajstić information content (AvgIpc) is 2.35. The van der Waals surface area contributed by atoms with Crippen molar-refractivity contribution in [3.63, 3.8) is 0 Å². The number of aliphatic hydroxyl groups excluding tert-OH is 2. The van der Waals surface area contributed by atoms with Crippen molar-refractivity contribution in [2.24, 2.45) is 0 Å². The van der Waals surface area contributed by atoms with Crippen LogP contribution in [0.15, 0.2) is 24.3 Å². The molecule has 0 radical (unpaired) electrons. The molecule has 2 unspecified atom stereocenters. The van der Waals surface area contributed by atoms with Crippen LogP contribution in [-0.2, 0) is 6.42 Å². The molecule has 1 aromatic rings. The summed E-state index contributed by atoms with van der Waals surface area (Å²) >= 11 is 1.76. The number of aryl methyl sites for hydroxylation is 1. The van der Waals surface area contributed by atoms with Gasteiger partial charge in [0, 0.05) is 11.0 Å². The quantitative estimate of drug-likeness (QED) is 0.844. The van der Waals surface area contributed by atoms with Gasteiger partial charge in [0.2, 0.25) is 0 Å². The van der Waals surface area contributed by atoms with E-state index in [0.717, 1.165) is 0 Å². The van der Waals surface area contributed by atoms with Crippen LogP contribution in [0.5, 0.6) is 0 Å². The van der Waals surface area contributed by atoms with Crippen LogP contribution in [0.2, 0.25) is 0 Å². The highest BCUT2D eigenvalue weighted by molar-refractivity contribution is 7.99. The van der Waals surface area contributed by atoms with Crippen LogP contribution in [-0.4, -0.2) is 28.7 Å². The van der Waals surface area contributed by atoms with Crippen LogP contribution in [0.4, 0.5) is 0 Å². The predicted molar refractivity (Wildman–Crippen MR) is 67.7 cm³/mol. The third-order valence-corrected chi connectivity index (χ3v) is 4.48. The van der Waals surface area contributed by atoms with Crippen molar-refractivity contribution in [3.05, 3.63) is 35.4 Å². The number of hydrogen-bond donors (Lipinski definition) is 2. The summed E-state index contributed by atoms with van der Waals surface area (Å²) in [5.74, 6) is 0.621. The number of thioether (sulfide) groups is 1. The summed E-state index contributed by atoms with van der Waals surface area (Å²) in [6, 6.07) is 8.57. The highest BCUT2D eigenvalue weighted by Gasteiger charge is 2.20. The van der Waals surface area contributed by atoms with Crippen molar-refractivity contribution in [2.45, 2.75) is 30.6 Å². The van der Waals surface area contributed by atoms with Gasteiger partial charge in [0.25, 0.3) is 0 Å². The van der Waals surface area contributed by atoms with Crippen molar-refractivity contribution in [2.75, 3.05) is 12.4 Å². The molecule has 2 nitrogen and oxygen atoms in total. The minimum atomic E-state index is -0.584. The van der Waals surface area contributed by atoms with Crippen LogP contribution in [0.3, 0.4) is 0 Å². The lowest BCUT2D eigenvalue weighted by atomic mass is 9.91. The third-order valence-electron chi connectivity index (χ3n) is 3.01. The second-order valence-corrected chi connectivity index (χ2v) is 5.49. The molecule has 2 N–H and O–H groups in total. The van der Waals surface area contributed by atoms with Gasteiger partial charge < -0.3 is 10.2 Å². The maximum absolute atomic E-state index is 9.37. The molecule has 0 saturated heterocycles. The van der Waals surface area contributed by atoms with Gasteiger partial charge in [-0.05, 0) is 30.4 Å². The van der Waals surface area contributed by atoms with E-state index in [-0.39, 0.29) is 6.61 Å². The molecule has 0 amide bonds. The van der Waals surface area contributed by atoms with E-state index in [2.05, 4.69) is 24.3 Å². The molecule has 0 fully saturated rings. The van der Waals surface area contributed by atoms with Crippen LogP contribution >= 0.6 is 11.8 Å². The number of rotatable bonds is 4. The summed E-state index contributed by atoms with van der Waals surface area (Å²) in [4.78, 5) is 0. The molecule has 0 aliphatic heterocycles. The molecule has 2 rings (SSSR count). The number of aliphatic hydroxyl groups is 2. The number of fused-ring (bicyclic) bond motifs is 1. The zero-order valence-corrected chi connectivity index (χ0v) is 10.1. The second kappa shape index (κ2) is 5.71. The molecule has 1 aliphatic rings. The summed E-state index contributed by atoms with van der Waals surface area (Å²) in [6.45, 7) is -0.138. The molecule has 1 aromatic carbocycles. The first-order chi connectivity index (χ1) is 7.81. The summed E-state index contributed by atoms with van der Waals surface area (Å²) in [6.07, 6.45) is 3.00. The molecule has 0 heterocycles. The van der Waals surface area contributed by atoms with Gasteiger partial charge in [-0.15, -0.1) is 0 Å². The van der Waals surface area contributed by atoms with E-state index in [0.29, 0.717) is 11.0 Å². The predicted octanol–water partition coefficient (Wildman–Crippen LogP) is 2.15. The van der Waals surface area contributed by atoms with E-state index in [1.165, 1.54) is 30.4 Å². The molecule has 88 valence electrons. The topological polar surface area (TPSA) is 40.5 Å². The zero-order valence-electron chi connectivity index (χ0n) is 9.30. The molecule has 2 atom stereocenters. The maximum atomic E-state index is 9.37. The molecule has 0 aromatic heterocycles. The van der Waals surface area contributed by atoms with E-state index in [4.69, 9.17) is 5.11 Å². The van der Waals surface area contributed by atoms with Gasteiger partial charge >= 0.3 is 0 Å². The number of hydrogen-bond acceptors (Lipinski definition) is 3. The van der Waals surface area contributed by atoms with E-state index in [1.807, 2.05) is 0 Å². The summed E-state index contributed by atoms with van der Waals surface area (Å²) in [5, 5.41) is 18.7. The van der Waals surface area contributed by atoms with Crippen molar-refractivity contribution < 1.29 is 10.2 Å². The molecule has 0 spiro atoms. The molecular formula is C13H18O2S. The smallest absolute Gasteiger partial charge is 0.0861 e. The summed E-state index contributed by atoms with van der Waals surface area (Å²) in [7, 11) is 0. The van der Waals surface area contributed by atoms with E-state index in [1.54, 1.807) is 11.8 Å². The second-order valence-electron chi connectivity index (χ2n) is 4.25. The first kappa shape index (κ1) is 12.0. The fourth-order valence-corrected chi connectivity index (χ4v) is 3.47. The Morgan fingerprint density at radius 3 is 3.00 bits per heavy atom. The highest BCUT2D eigenvalue weighted by Crippen LogP contribution is 2.39. The van der Waals surface area contributed by atoms with Crippen molar-refractivity contribution in [3.8, 4) is 0 Å². The monoisotopic (exact) mass is 238 g/mol. The van der Waals surface area contributed by atoms with Crippen LogP contribution in [0, 0.1) is 0 Å². The first-order valence-corrected chi connectivity index (χ1v) is 6.84. The number of benzene rings is 1. The van der Waals surface area contributed by atoms with E-state index >= 15 is 0 Å². The highest BCUT2D eigenvalue weighted by atomic mass is 32.2. The van der Waals surface area contributed by atoms with Crippen LogP contribution in [0.25, 0.3) is 0 Å². The van der Waals surface area contributed by atoms with Crippen molar-refractivity contribution in [1.82, 2.24) is 0 Å². The molecule has 3 heteroatoms. The Morgan fingerprint density at radius 2 is 2.19 bits per heavy atom. The lowest BCUT2D eigenvalue weighted by Crippen LogP contribution is -2.17. The standard InChI is InChI=1S/C13H18O2S/c14-8-11(15)9-16-13-7-3-5-10-4-1-2-6-12(10)13/h1-2,4,6,11,13-15H,3,5,7-9H2. The Morgan fingerprint density at radius 1 is 1.38 bits per heavy atom. The van der Waals surface area contributed by atoms with Crippen LogP contribution in [0.1, 0.15) is 29.2 Å². The van der Waals surface area contributed by atoms with Gasteiger partial charge in [-0.2, -0.15) is 11.8 Å². The van der Waals surface area contributed by atoms with Crippen LogP contribution < -0.4 is 0 Å². The minimum absolute atomic E-state index is 0.138.